The highest BCUT2D eigenvalue weighted by Crippen LogP contribution is 2.14. The van der Waals surface area contributed by atoms with Crippen molar-refractivity contribution < 1.29 is 19.1 Å². The van der Waals surface area contributed by atoms with E-state index in [4.69, 9.17) is 14.7 Å². The summed E-state index contributed by atoms with van der Waals surface area (Å²) in [6.07, 6.45) is 15.3. The zero-order chi connectivity index (χ0) is 22.6. The predicted octanol–water partition coefficient (Wildman–Crippen LogP) is 6.88. The first-order valence-electron chi connectivity index (χ1n) is 12.0. The molecule has 0 heterocycles. The molecule has 0 N–H and O–H groups in total. The second-order valence-corrected chi connectivity index (χ2v) is 8.07. The third-order valence-electron chi connectivity index (χ3n) is 5.24. The topological polar surface area (TPSA) is 76.4 Å². The van der Waals surface area contributed by atoms with Gasteiger partial charge in [-0.3, -0.25) is 9.59 Å². The summed E-state index contributed by atoms with van der Waals surface area (Å²) in [6, 6.07) is 8.57. The Morgan fingerprint density at radius 2 is 1.26 bits per heavy atom. The zero-order valence-electron chi connectivity index (χ0n) is 19.2. The average Bonchev–Trinajstić information content (AvgIpc) is 2.78. The molecular weight excluding hydrogens is 390 g/mol. The highest BCUT2D eigenvalue weighted by atomic mass is 16.5. The van der Waals surface area contributed by atoms with Gasteiger partial charge in [0.05, 0.1) is 18.2 Å². The van der Waals surface area contributed by atoms with Crippen molar-refractivity contribution in [3.05, 3.63) is 29.8 Å². The molecule has 1 aromatic rings. The van der Waals surface area contributed by atoms with E-state index in [1.54, 1.807) is 24.3 Å². The minimum absolute atomic E-state index is 0.0727. The molecule has 1 rings (SSSR count). The standard InChI is InChI=1S/C26H39NO4/c1-2-3-4-5-8-11-14-21-30-25(28)15-12-9-6-7-10-13-16-26(29)31-24-19-17-23(22-27)18-20-24/h17-20H,2-16,21H2,1H3. The van der Waals surface area contributed by atoms with E-state index in [2.05, 4.69) is 6.92 Å². The molecule has 31 heavy (non-hydrogen) atoms. The van der Waals surface area contributed by atoms with Crippen molar-refractivity contribution in [1.29, 1.82) is 5.26 Å². The van der Waals surface area contributed by atoms with Gasteiger partial charge in [-0.05, 0) is 43.5 Å². The number of benzene rings is 1. The summed E-state index contributed by atoms with van der Waals surface area (Å²) >= 11 is 0. The van der Waals surface area contributed by atoms with Gasteiger partial charge in [0, 0.05) is 12.8 Å². The van der Waals surface area contributed by atoms with E-state index >= 15 is 0 Å². The number of unbranched alkanes of at least 4 members (excludes halogenated alkanes) is 11. The lowest BCUT2D eigenvalue weighted by Gasteiger charge is -2.06. The Kier molecular flexibility index (Phi) is 15.9. The van der Waals surface area contributed by atoms with Crippen LogP contribution >= 0.6 is 0 Å². The minimum atomic E-state index is -0.242. The molecule has 0 aliphatic heterocycles. The maximum absolute atomic E-state index is 11.8. The molecule has 0 spiro atoms. The van der Waals surface area contributed by atoms with E-state index in [0.717, 1.165) is 51.4 Å². The van der Waals surface area contributed by atoms with Crippen molar-refractivity contribution in [3.8, 4) is 11.8 Å². The number of hydrogen-bond donors (Lipinski definition) is 0. The van der Waals surface area contributed by atoms with Gasteiger partial charge in [-0.1, -0.05) is 71.1 Å². The first-order chi connectivity index (χ1) is 15.2. The van der Waals surface area contributed by atoms with Gasteiger partial charge in [0.1, 0.15) is 5.75 Å². The molecule has 0 atom stereocenters. The van der Waals surface area contributed by atoms with Gasteiger partial charge in [0.15, 0.2) is 0 Å². The minimum Gasteiger partial charge on any atom is -0.466 e. The first kappa shape index (κ1) is 26.7. The molecule has 0 unspecified atom stereocenters. The van der Waals surface area contributed by atoms with Crippen molar-refractivity contribution in [3.63, 3.8) is 0 Å². The van der Waals surface area contributed by atoms with Gasteiger partial charge >= 0.3 is 11.9 Å². The number of rotatable bonds is 18. The zero-order valence-corrected chi connectivity index (χ0v) is 19.2. The van der Waals surface area contributed by atoms with E-state index < -0.39 is 0 Å². The molecule has 5 nitrogen and oxygen atoms in total. The Balaban J connectivity index is 1.88. The van der Waals surface area contributed by atoms with Crippen LogP contribution in [0, 0.1) is 11.3 Å². The normalized spacial score (nSPS) is 10.5. The number of carbonyl (C=O) groups is 2. The maximum Gasteiger partial charge on any atom is 0.311 e. The fourth-order valence-electron chi connectivity index (χ4n) is 3.34. The lowest BCUT2D eigenvalue weighted by atomic mass is 10.1. The quantitative estimate of drug-likeness (QED) is 0.144. The van der Waals surface area contributed by atoms with Crippen LogP contribution in [0.1, 0.15) is 109 Å². The van der Waals surface area contributed by atoms with Gasteiger partial charge in [0.2, 0.25) is 0 Å². The molecular formula is C26H39NO4. The van der Waals surface area contributed by atoms with Crippen molar-refractivity contribution in [2.45, 2.75) is 103 Å². The summed E-state index contributed by atoms with van der Waals surface area (Å²) in [6.45, 7) is 2.78. The summed E-state index contributed by atoms with van der Waals surface area (Å²) in [4.78, 5) is 23.5. The lowest BCUT2D eigenvalue weighted by Crippen LogP contribution is -2.07. The molecule has 1 aromatic carbocycles. The van der Waals surface area contributed by atoms with Crippen LogP contribution in [-0.2, 0) is 14.3 Å². The summed E-state index contributed by atoms with van der Waals surface area (Å²) in [5.74, 6) is 0.160. The van der Waals surface area contributed by atoms with Crippen LogP contribution in [0.15, 0.2) is 24.3 Å². The molecule has 0 fully saturated rings. The molecule has 0 radical (unpaired) electrons. The second kappa shape index (κ2) is 18.4. The Labute approximate surface area is 188 Å². The maximum atomic E-state index is 11.8. The van der Waals surface area contributed by atoms with Crippen molar-refractivity contribution in [2.24, 2.45) is 0 Å². The number of nitrogens with zero attached hydrogens (tertiary/aromatic N) is 1. The summed E-state index contributed by atoms with van der Waals surface area (Å²) < 4.78 is 10.6. The smallest absolute Gasteiger partial charge is 0.311 e. The van der Waals surface area contributed by atoms with Gasteiger partial charge in [0.25, 0.3) is 0 Å². The van der Waals surface area contributed by atoms with E-state index in [1.807, 2.05) is 6.07 Å². The van der Waals surface area contributed by atoms with Crippen LogP contribution in [-0.4, -0.2) is 18.5 Å². The van der Waals surface area contributed by atoms with Crippen LogP contribution in [0.25, 0.3) is 0 Å². The SMILES string of the molecule is CCCCCCCCCOC(=O)CCCCCCCCC(=O)Oc1ccc(C#N)cc1. The number of ether oxygens (including phenoxy) is 2. The summed E-state index contributed by atoms with van der Waals surface area (Å²) in [5.41, 5.74) is 0.543. The Morgan fingerprint density at radius 1 is 0.742 bits per heavy atom. The number of esters is 2. The average molecular weight is 430 g/mol. The number of nitriles is 1. The van der Waals surface area contributed by atoms with E-state index in [-0.39, 0.29) is 11.9 Å². The van der Waals surface area contributed by atoms with Crippen LogP contribution in [0.2, 0.25) is 0 Å². The second-order valence-electron chi connectivity index (χ2n) is 8.07. The largest absolute Gasteiger partial charge is 0.466 e. The Hall–Kier alpha value is -2.35. The molecule has 5 heteroatoms. The molecule has 0 aliphatic rings. The fourth-order valence-corrected chi connectivity index (χ4v) is 3.34. The van der Waals surface area contributed by atoms with Crippen molar-refractivity contribution >= 4 is 11.9 Å². The summed E-state index contributed by atoms with van der Waals surface area (Å²) in [5, 5.41) is 8.76. The van der Waals surface area contributed by atoms with Gasteiger partial charge in [-0.2, -0.15) is 5.26 Å². The third kappa shape index (κ3) is 15.2. The van der Waals surface area contributed by atoms with Gasteiger partial charge < -0.3 is 9.47 Å². The third-order valence-corrected chi connectivity index (χ3v) is 5.24. The highest BCUT2D eigenvalue weighted by Gasteiger charge is 2.05. The molecule has 0 amide bonds. The Morgan fingerprint density at radius 3 is 1.84 bits per heavy atom. The predicted molar refractivity (Wildman–Crippen MR) is 123 cm³/mol. The van der Waals surface area contributed by atoms with Gasteiger partial charge in [-0.15, -0.1) is 0 Å². The molecule has 0 aliphatic carbocycles. The fraction of sp³-hybridized carbons (Fsp3) is 0.654. The van der Waals surface area contributed by atoms with E-state index in [1.165, 1.54) is 32.1 Å². The van der Waals surface area contributed by atoms with E-state index in [0.29, 0.717) is 30.8 Å². The van der Waals surface area contributed by atoms with Crippen molar-refractivity contribution in [2.75, 3.05) is 6.61 Å². The highest BCUT2D eigenvalue weighted by molar-refractivity contribution is 5.72. The Bertz CT molecular complexity index is 648. The molecule has 0 saturated heterocycles. The van der Waals surface area contributed by atoms with Crippen LogP contribution in [0.3, 0.4) is 0 Å². The summed E-state index contributed by atoms with van der Waals surface area (Å²) in [7, 11) is 0. The molecule has 0 saturated carbocycles. The van der Waals surface area contributed by atoms with Gasteiger partial charge in [-0.25, -0.2) is 0 Å². The van der Waals surface area contributed by atoms with Crippen molar-refractivity contribution in [1.82, 2.24) is 0 Å². The molecule has 0 aromatic heterocycles. The number of carbonyl (C=O) groups excluding carboxylic acids is 2. The number of hydrogen-bond acceptors (Lipinski definition) is 5. The van der Waals surface area contributed by atoms with Crippen LogP contribution in [0.5, 0.6) is 5.75 Å². The van der Waals surface area contributed by atoms with Crippen LogP contribution in [0.4, 0.5) is 0 Å². The lowest BCUT2D eigenvalue weighted by molar-refractivity contribution is -0.144. The first-order valence-corrected chi connectivity index (χ1v) is 12.0. The monoisotopic (exact) mass is 429 g/mol. The molecule has 0 bridgehead atoms. The van der Waals surface area contributed by atoms with E-state index in [9.17, 15) is 9.59 Å². The van der Waals surface area contributed by atoms with Crippen LogP contribution < -0.4 is 4.74 Å². The molecule has 172 valence electrons.